The minimum atomic E-state index is -0.402. The molecule has 0 saturated carbocycles. The molecule has 1 aliphatic rings. The summed E-state index contributed by atoms with van der Waals surface area (Å²) in [6, 6.07) is 3.48. The smallest absolute Gasteiger partial charge is 0.239 e. The molecule has 0 bridgehead atoms. The van der Waals surface area contributed by atoms with Gasteiger partial charge < -0.3 is 15.4 Å². The number of rotatable bonds is 4. The summed E-state index contributed by atoms with van der Waals surface area (Å²) >= 11 is 0. The molecular formula is C16H25N3O2. The van der Waals surface area contributed by atoms with Crippen LogP contribution >= 0.6 is 0 Å². The Balaban J connectivity index is 1.83. The molecule has 0 radical (unpaired) electrons. The molecular weight excluding hydrogens is 266 g/mol. The van der Waals surface area contributed by atoms with Crippen LogP contribution < -0.4 is 10.5 Å². The average molecular weight is 291 g/mol. The maximum Gasteiger partial charge on any atom is 0.239 e. The van der Waals surface area contributed by atoms with E-state index in [0.29, 0.717) is 19.0 Å². The molecule has 1 aromatic heterocycles. The van der Waals surface area contributed by atoms with E-state index in [1.165, 1.54) is 0 Å². The van der Waals surface area contributed by atoms with Crippen molar-refractivity contribution >= 4 is 5.91 Å². The molecule has 1 fully saturated rings. The summed E-state index contributed by atoms with van der Waals surface area (Å²) in [4.78, 5) is 18.3. The summed E-state index contributed by atoms with van der Waals surface area (Å²) in [5.74, 6) is 0.879. The summed E-state index contributed by atoms with van der Waals surface area (Å²) in [6.07, 6.45) is 3.58. The van der Waals surface area contributed by atoms with Crippen molar-refractivity contribution in [2.24, 2.45) is 11.7 Å². The van der Waals surface area contributed by atoms with Gasteiger partial charge in [0.05, 0.1) is 6.04 Å². The number of carbonyl (C=O) groups is 1. The van der Waals surface area contributed by atoms with E-state index in [2.05, 4.69) is 4.98 Å². The van der Waals surface area contributed by atoms with E-state index in [-0.39, 0.29) is 17.9 Å². The predicted octanol–water partition coefficient (Wildman–Crippen LogP) is 1.74. The van der Waals surface area contributed by atoms with Crippen molar-refractivity contribution in [3.05, 3.63) is 23.9 Å². The fourth-order valence-electron chi connectivity index (χ4n) is 2.38. The Labute approximate surface area is 126 Å². The molecule has 1 aliphatic heterocycles. The SMILES string of the molecule is Cc1ccc(OC2CCN(C(=O)[C@@H](N)C(C)C)CC2)nc1. The zero-order chi connectivity index (χ0) is 15.4. The van der Waals surface area contributed by atoms with Crippen LogP contribution in [-0.2, 0) is 4.79 Å². The third kappa shape index (κ3) is 4.17. The lowest BCUT2D eigenvalue weighted by atomic mass is 10.0. The van der Waals surface area contributed by atoms with Crippen molar-refractivity contribution in [2.75, 3.05) is 13.1 Å². The normalized spacial score (nSPS) is 17.9. The number of piperidine rings is 1. The van der Waals surface area contributed by atoms with Crippen molar-refractivity contribution in [2.45, 2.75) is 45.8 Å². The highest BCUT2D eigenvalue weighted by Gasteiger charge is 2.28. The van der Waals surface area contributed by atoms with E-state index in [1.807, 2.05) is 37.8 Å². The van der Waals surface area contributed by atoms with Gasteiger partial charge in [-0.3, -0.25) is 4.79 Å². The molecule has 2 N–H and O–H groups in total. The van der Waals surface area contributed by atoms with E-state index < -0.39 is 6.04 Å². The number of nitrogens with two attached hydrogens (primary N) is 1. The highest BCUT2D eigenvalue weighted by atomic mass is 16.5. The zero-order valence-electron chi connectivity index (χ0n) is 13.1. The lowest BCUT2D eigenvalue weighted by Crippen LogP contribution is -2.50. The highest BCUT2D eigenvalue weighted by Crippen LogP contribution is 2.18. The van der Waals surface area contributed by atoms with Crippen molar-refractivity contribution in [1.82, 2.24) is 9.88 Å². The van der Waals surface area contributed by atoms with Crippen LogP contribution in [0.2, 0.25) is 0 Å². The van der Waals surface area contributed by atoms with Crippen LogP contribution in [0.3, 0.4) is 0 Å². The van der Waals surface area contributed by atoms with Gasteiger partial charge in [0.15, 0.2) is 0 Å². The lowest BCUT2D eigenvalue weighted by molar-refractivity contribution is -0.135. The molecule has 1 amide bonds. The fourth-order valence-corrected chi connectivity index (χ4v) is 2.38. The maximum absolute atomic E-state index is 12.2. The van der Waals surface area contributed by atoms with Crippen molar-refractivity contribution in [3.8, 4) is 5.88 Å². The number of amides is 1. The molecule has 0 aromatic carbocycles. The van der Waals surface area contributed by atoms with Gasteiger partial charge in [-0.15, -0.1) is 0 Å². The second kappa shape index (κ2) is 6.89. The molecule has 5 heteroatoms. The molecule has 2 heterocycles. The molecule has 2 rings (SSSR count). The molecule has 1 aromatic rings. The number of pyridine rings is 1. The molecule has 21 heavy (non-hydrogen) atoms. The summed E-state index contributed by atoms with van der Waals surface area (Å²) in [7, 11) is 0. The first-order valence-corrected chi connectivity index (χ1v) is 7.61. The van der Waals surface area contributed by atoms with Gasteiger partial charge in [0.2, 0.25) is 11.8 Å². The van der Waals surface area contributed by atoms with Crippen LogP contribution in [0.5, 0.6) is 5.88 Å². The van der Waals surface area contributed by atoms with Crippen LogP contribution in [0.15, 0.2) is 18.3 Å². The van der Waals surface area contributed by atoms with E-state index in [1.54, 1.807) is 6.20 Å². The molecule has 0 unspecified atom stereocenters. The van der Waals surface area contributed by atoms with E-state index in [9.17, 15) is 4.79 Å². The van der Waals surface area contributed by atoms with Crippen molar-refractivity contribution in [1.29, 1.82) is 0 Å². The van der Waals surface area contributed by atoms with E-state index in [4.69, 9.17) is 10.5 Å². The number of nitrogens with zero attached hydrogens (tertiary/aromatic N) is 2. The molecule has 1 atom stereocenters. The first-order valence-electron chi connectivity index (χ1n) is 7.61. The summed E-state index contributed by atoms with van der Waals surface area (Å²) in [6.45, 7) is 7.35. The number of carbonyl (C=O) groups excluding carboxylic acids is 1. The second-order valence-electron chi connectivity index (χ2n) is 6.09. The molecule has 0 aliphatic carbocycles. The van der Waals surface area contributed by atoms with Crippen LogP contribution in [0.4, 0.5) is 0 Å². The largest absolute Gasteiger partial charge is 0.474 e. The zero-order valence-corrected chi connectivity index (χ0v) is 13.1. The van der Waals surface area contributed by atoms with Crippen LogP contribution in [0.1, 0.15) is 32.3 Å². The number of ether oxygens (including phenoxy) is 1. The van der Waals surface area contributed by atoms with Gasteiger partial charge >= 0.3 is 0 Å². The minimum Gasteiger partial charge on any atom is -0.474 e. The van der Waals surface area contributed by atoms with Crippen LogP contribution in [0.25, 0.3) is 0 Å². The van der Waals surface area contributed by atoms with E-state index in [0.717, 1.165) is 18.4 Å². The average Bonchev–Trinajstić information content (AvgIpc) is 2.49. The number of likely N-dealkylation sites (tertiary alicyclic amines) is 1. The Kier molecular flexibility index (Phi) is 5.17. The minimum absolute atomic E-state index is 0.0527. The highest BCUT2D eigenvalue weighted by molar-refractivity contribution is 5.82. The van der Waals surface area contributed by atoms with Gasteiger partial charge in [-0.1, -0.05) is 19.9 Å². The summed E-state index contributed by atoms with van der Waals surface area (Å²) in [5.41, 5.74) is 7.05. The standard InChI is InChI=1S/C16H25N3O2/c1-11(2)15(17)16(20)19-8-6-13(7-9-19)21-14-5-4-12(3)10-18-14/h4-5,10-11,13,15H,6-9,17H2,1-3H3/t15-/m0/s1. The van der Waals surface area contributed by atoms with Gasteiger partial charge in [-0.05, 0) is 18.4 Å². The Morgan fingerprint density at radius 3 is 2.57 bits per heavy atom. The number of hydrogen-bond acceptors (Lipinski definition) is 4. The third-order valence-electron chi connectivity index (χ3n) is 3.93. The van der Waals surface area contributed by atoms with Gasteiger partial charge in [-0.2, -0.15) is 0 Å². The Hall–Kier alpha value is -1.62. The first kappa shape index (κ1) is 15.8. The lowest BCUT2D eigenvalue weighted by Gasteiger charge is -2.34. The first-order chi connectivity index (χ1) is 9.97. The Bertz CT molecular complexity index is 465. The van der Waals surface area contributed by atoms with E-state index >= 15 is 0 Å². The van der Waals surface area contributed by atoms with Gasteiger partial charge in [0, 0.05) is 38.2 Å². The van der Waals surface area contributed by atoms with Gasteiger partial charge in [0.25, 0.3) is 0 Å². The maximum atomic E-state index is 12.2. The number of aromatic nitrogens is 1. The third-order valence-corrected chi connectivity index (χ3v) is 3.93. The second-order valence-corrected chi connectivity index (χ2v) is 6.09. The van der Waals surface area contributed by atoms with Crippen LogP contribution in [-0.4, -0.2) is 41.0 Å². The molecule has 1 saturated heterocycles. The fraction of sp³-hybridized carbons (Fsp3) is 0.625. The summed E-state index contributed by atoms with van der Waals surface area (Å²) < 4.78 is 5.87. The van der Waals surface area contributed by atoms with Gasteiger partial charge in [0.1, 0.15) is 6.10 Å². The quantitative estimate of drug-likeness (QED) is 0.917. The molecule has 116 valence electrons. The number of aryl methyl sites for hydroxylation is 1. The van der Waals surface area contributed by atoms with Crippen LogP contribution in [0, 0.1) is 12.8 Å². The topological polar surface area (TPSA) is 68.5 Å². The Morgan fingerprint density at radius 2 is 2.05 bits per heavy atom. The Morgan fingerprint density at radius 1 is 1.38 bits per heavy atom. The van der Waals surface area contributed by atoms with Crippen molar-refractivity contribution < 1.29 is 9.53 Å². The molecule has 5 nitrogen and oxygen atoms in total. The molecule has 0 spiro atoms. The van der Waals surface area contributed by atoms with Gasteiger partial charge in [-0.25, -0.2) is 4.98 Å². The summed E-state index contributed by atoms with van der Waals surface area (Å²) in [5, 5.41) is 0. The number of hydrogen-bond donors (Lipinski definition) is 1. The monoisotopic (exact) mass is 291 g/mol. The predicted molar refractivity (Wildman–Crippen MR) is 82.0 cm³/mol. The van der Waals surface area contributed by atoms with Crippen molar-refractivity contribution in [3.63, 3.8) is 0 Å².